The van der Waals surface area contributed by atoms with Crippen molar-refractivity contribution < 1.29 is 4.42 Å². The zero-order valence-corrected chi connectivity index (χ0v) is 21.7. The molecule has 2 heterocycles. The van der Waals surface area contributed by atoms with E-state index < -0.39 is 0 Å². The van der Waals surface area contributed by atoms with Crippen LogP contribution in [0.5, 0.6) is 0 Å². The summed E-state index contributed by atoms with van der Waals surface area (Å²) in [6, 6.07) is 47.3. The van der Waals surface area contributed by atoms with Crippen molar-refractivity contribution in [2.75, 3.05) is 4.90 Å². The first-order chi connectivity index (χ1) is 19.8. The van der Waals surface area contributed by atoms with E-state index in [0.29, 0.717) is 0 Å². The minimum atomic E-state index is 0.853. The molecule has 0 atom stereocenters. The van der Waals surface area contributed by atoms with Gasteiger partial charge in [0.15, 0.2) is 0 Å². The number of furan rings is 1. The third-order valence-corrected chi connectivity index (χ3v) is 7.72. The van der Waals surface area contributed by atoms with Crippen LogP contribution in [0.4, 0.5) is 17.1 Å². The maximum atomic E-state index is 6.38. The van der Waals surface area contributed by atoms with E-state index >= 15 is 0 Å². The van der Waals surface area contributed by atoms with Gasteiger partial charge in [0.2, 0.25) is 0 Å². The summed E-state index contributed by atoms with van der Waals surface area (Å²) in [6.07, 6.45) is 3.66. The first kappa shape index (κ1) is 22.6. The van der Waals surface area contributed by atoms with Crippen LogP contribution in [-0.4, -0.2) is 4.98 Å². The van der Waals surface area contributed by atoms with Crippen LogP contribution in [0.3, 0.4) is 0 Å². The first-order valence-corrected chi connectivity index (χ1v) is 13.5. The molecule has 0 unspecified atom stereocenters. The Morgan fingerprint density at radius 1 is 0.475 bits per heavy atom. The van der Waals surface area contributed by atoms with Gasteiger partial charge in [-0.05, 0) is 75.8 Å². The number of aromatic nitrogens is 1. The monoisotopic (exact) mass is 512 g/mol. The van der Waals surface area contributed by atoms with Gasteiger partial charge in [-0.3, -0.25) is 4.98 Å². The molecule has 2 aromatic heterocycles. The Morgan fingerprint density at radius 3 is 2.00 bits per heavy atom. The van der Waals surface area contributed by atoms with E-state index in [1.807, 2.05) is 12.3 Å². The Morgan fingerprint density at radius 2 is 1.15 bits per heavy atom. The summed E-state index contributed by atoms with van der Waals surface area (Å²) in [6.45, 7) is 0. The maximum Gasteiger partial charge on any atom is 0.143 e. The highest BCUT2D eigenvalue weighted by Gasteiger charge is 2.16. The molecular formula is C37H24N2O. The van der Waals surface area contributed by atoms with Crippen molar-refractivity contribution >= 4 is 60.5 Å². The van der Waals surface area contributed by atoms with Crippen LogP contribution in [0, 0.1) is 0 Å². The number of pyridine rings is 1. The molecule has 0 radical (unpaired) electrons. The van der Waals surface area contributed by atoms with Gasteiger partial charge in [0.05, 0.1) is 0 Å². The molecule has 0 saturated carbocycles. The van der Waals surface area contributed by atoms with E-state index in [-0.39, 0.29) is 0 Å². The van der Waals surface area contributed by atoms with Crippen molar-refractivity contribution in [2.45, 2.75) is 0 Å². The van der Waals surface area contributed by atoms with Gasteiger partial charge in [0.1, 0.15) is 11.2 Å². The van der Waals surface area contributed by atoms with Gasteiger partial charge in [0, 0.05) is 45.6 Å². The zero-order valence-electron chi connectivity index (χ0n) is 21.7. The van der Waals surface area contributed by atoms with Crippen molar-refractivity contribution in [3.05, 3.63) is 146 Å². The molecule has 0 saturated heterocycles. The molecule has 0 aliphatic heterocycles. The molecule has 0 fully saturated rings. The average Bonchev–Trinajstić information content (AvgIpc) is 3.41. The summed E-state index contributed by atoms with van der Waals surface area (Å²) in [4.78, 5) is 6.65. The third kappa shape index (κ3) is 3.71. The predicted molar refractivity (Wildman–Crippen MR) is 167 cm³/mol. The third-order valence-electron chi connectivity index (χ3n) is 7.72. The molecule has 3 heteroatoms. The maximum absolute atomic E-state index is 6.38. The lowest BCUT2D eigenvalue weighted by molar-refractivity contribution is 0.672. The molecule has 0 bridgehead atoms. The van der Waals surface area contributed by atoms with Crippen molar-refractivity contribution in [2.24, 2.45) is 0 Å². The topological polar surface area (TPSA) is 29.3 Å². The summed E-state index contributed by atoms with van der Waals surface area (Å²) in [5.41, 5.74) is 7.41. The van der Waals surface area contributed by atoms with Crippen LogP contribution in [0.15, 0.2) is 150 Å². The Kier molecular flexibility index (Phi) is 5.14. The average molecular weight is 513 g/mol. The molecule has 8 rings (SSSR count). The van der Waals surface area contributed by atoms with E-state index in [1.54, 1.807) is 6.20 Å². The fourth-order valence-electron chi connectivity index (χ4n) is 5.72. The highest BCUT2D eigenvalue weighted by molar-refractivity contribution is 6.15. The Labute approximate surface area is 231 Å². The summed E-state index contributed by atoms with van der Waals surface area (Å²) in [5, 5.41) is 6.77. The van der Waals surface area contributed by atoms with Crippen LogP contribution in [0.1, 0.15) is 0 Å². The number of rotatable bonds is 4. The molecule has 40 heavy (non-hydrogen) atoms. The van der Waals surface area contributed by atoms with Crippen molar-refractivity contribution in [1.29, 1.82) is 0 Å². The number of hydrogen-bond donors (Lipinski definition) is 0. The molecule has 0 N–H and O–H groups in total. The molecule has 0 aliphatic rings. The Bertz CT molecular complexity index is 2160. The number of anilines is 3. The second-order valence-electron chi connectivity index (χ2n) is 10.1. The van der Waals surface area contributed by atoms with Crippen LogP contribution in [-0.2, 0) is 0 Å². The van der Waals surface area contributed by atoms with E-state index in [4.69, 9.17) is 4.42 Å². The fourth-order valence-corrected chi connectivity index (χ4v) is 5.72. The highest BCUT2D eigenvalue weighted by atomic mass is 16.3. The second kappa shape index (κ2) is 9.11. The highest BCUT2D eigenvalue weighted by Crippen LogP contribution is 2.40. The van der Waals surface area contributed by atoms with E-state index in [0.717, 1.165) is 49.8 Å². The summed E-state index contributed by atoms with van der Waals surface area (Å²) in [7, 11) is 0. The van der Waals surface area contributed by atoms with Crippen molar-refractivity contribution in [1.82, 2.24) is 4.98 Å². The van der Waals surface area contributed by atoms with E-state index in [1.165, 1.54) is 21.9 Å². The lowest BCUT2D eigenvalue weighted by Crippen LogP contribution is -2.09. The predicted octanol–water partition coefficient (Wildman–Crippen LogP) is 10.4. The molecule has 0 aliphatic carbocycles. The molecule has 0 amide bonds. The first-order valence-electron chi connectivity index (χ1n) is 13.5. The number of benzene rings is 6. The van der Waals surface area contributed by atoms with Crippen LogP contribution in [0.25, 0.3) is 54.6 Å². The smallest absolute Gasteiger partial charge is 0.143 e. The van der Waals surface area contributed by atoms with Gasteiger partial charge in [-0.2, -0.15) is 0 Å². The number of nitrogens with zero attached hydrogens (tertiary/aromatic N) is 2. The van der Waals surface area contributed by atoms with Crippen LogP contribution < -0.4 is 4.90 Å². The molecule has 8 aromatic rings. The number of fused-ring (bicyclic) bond motifs is 6. The Balaban J connectivity index is 1.33. The largest absolute Gasteiger partial charge is 0.455 e. The van der Waals surface area contributed by atoms with Crippen LogP contribution in [0.2, 0.25) is 0 Å². The summed E-state index contributed by atoms with van der Waals surface area (Å²) in [5.74, 6) is 0. The van der Waals surface area contributed by atoms with E-state index in [9.17, 15) is 0 Å². The minimum Gasteiger partial charge on any atom is -0.455 e. The van der Waals surface area contributed by atoms with E-state index in [2.05, 4.69) is 137 Å². The lowest BCUT2D eigenvalue weighted by Gasteiger charge is -2.26. The van der Waals surface area contributed by atoms with Gasteiger partial charge < -0.3 is 9.32 Å². The molecule has 0 spiro atoms. The molecule has 6 aromatic carbocycles. The van der Waals surface area contributed by atoms with Crippen molar-refractivity contribution in [3.8, 4) is 11.1 Å². The van der Waals surface area contributed by atoms with Gasteiger partial charge in [-0.1, -0.05) is 84.9 Å². The molecule has 188 valence electrons. The standard InChI is InChI=1S/C37H24N2O/c1-2-6-25(7-3-1)27-10-15-30(16-11-27)39(31-17-12-26-8-4-5-9-29(26)22-31)32-18-13-28-14-19-33-35-24-38-21-20-36(35)40-37(33)34(28)23-32/h1-24H. The minimum absolute atomic E-state index is 0.853. The SMILES string of the molecule is c1ccc(-c2ccc(N(c3ccc4ccccc4c3)c3ccc4ccc5c6cnccc6oc5c4c3)cc2)cc1. The fraction of sp³-hybridized carbons (Fsp3) is 0. The van der Waals surface area contributed by atoms with Gasteiger partial charge >= 0.3 is 0 Å². The Hall–Kier alpha value is -5.41. The van der Waals surface area contributed by atoms with Gasteiger partial charge in [-0.25, -0.2) is 0 Å². The normalized spacial score (nSPS) is 11.5. The quantitative estimate of drug-likeness (QED) is 0.235. The second-order valence-corrected chi connectivity index (χ2v) is 10.1. The van der Waals surface area contributed by atoms with Gasteiger partial charge in [-0.15, -0.1) is 0 Å². The summed E-state index contributed by atoms with van der Waals surface area (Å²) < 4.78 is 6.38. The van der Waals surface area contributed by atoms with Gasteiger partial charge in [0.25, 0.3) is 0 Å². The van der Waals surface area contributed by atoms with Crippen LogP contribution >= 0.6 is 0 Å². The summed E-state index contributed by atoms with van der Waals surface area (Å²) >= 11 is 0. The number of hydrogen-bond acceptors (Lipinski definition) is 3. The molecule has 3 nitrogen and oxygen atoms in total. The lowest BCUT2D eigenvalue weighted by atomic mass is 10.0. The molecular weight excluding hydrogens is 488 g/mol. The zero-order chi connectivity index (χ0) is 26.5. The van der Waals surface area contributed by atoms with Crippen molar-refractivity contribution in [3.63, 3.8) is 0 Å².